The number of carbonyl (C=O) groups excluding carboxylic acids is 1. The third-order valence-electron chi connectivity index (χ3n) is 2.95. The van der Waals surface area contributed by atoms with Crippen LogP contribution in [0.4, 0.5) is 5.69 Å². The van der Waals surface area contributed by atoms with Crippen molar-refractivity contribution in [1.82, 2.24) is 0 Å². The summed E-state index contributed by atoms with van der Waals surface area (Å²) in [6.45, 7) is 1.66. The SMILES string of the molecule is Cc1cc(C(=O)O)ccc1NC(=O)c1cc(O)ccc1O. The maximum absolute atomic E-state index is 12.1. The third-order valence-corrected chi connectivity index (χ3v) is 2.95. The lowest BCUT2D eigenvalue weighted by atomic mass is 10.1. The molecule has 0 aliphatic rings. The molecule has 6 heteroatoms. The Balaban J connectivity index is 2.27. The first-order valence-corrected chi connectivity index (χ1v) is 6.06. The van der Waals surface area contributed by atoms with Gasteiger partial charge in [-0.1, -0.05) is 0 Å². The Morgan fingerprint density at radius 3 is 2.38 bits per heavy atom. The zero-order chi connectivity index (χ0) is 15.6. The number of nitrogens with one attached hydrogen (secondary N) is 1. The van der Waals surface area contributed by atoms with Gasteiger partial charge in [-0.2, -0.15) is 0 Å². The van der Waals surface area contributed by atoms with Crippen LogP contribution in [0.1, 0.15) is 26.3 Å². The van der Waals surface area contributed by atoms with E-state index in [1.54, 1.807) is 6.92 Å². The highest BCUT2D eigenvalue weighted by atomic mass is 16.4. The van der Waals surface area contributed by atoms with Crippen LogP contribution in [0.25, 0.3) is 0 Å². The molecule has 0 radical (unpaired) electrons. The predicted molar refractivity (Wildman–Crippen MR) is 75.9 cm³/mol. The molecule has 4 N–H and O–H groups in total. The lowest BCUT2D eigenvalue weighted by Gasteiger charge is -2.10. The molecule has 0 atom stereocenters. The highest BCUT2D eigenvalue weighted by molar-refractivity contribution is 6.06. The minimum atomic E-state index is -1.05. The summed E-state index contributed by atoms with van der Waals surface area (Å²) < 4.78 is 0. The minimum Gasteiger partial charge on any atom is -0.508 e. The largest absolute Gasteiger partial charge is 0.508 e. The Hall–Kier alpha value is -3.02. The number of hydrogen-bond donors (Lipinski definition) is 4. The van der Waals surface area contributed by atoms with Gasteiger partial charge in [-0.25, -0.2) is 4.79 Å². The van der Waals surface area contributed by atoms with Crippen molar-refractivity contribution in [2.45, 2.75) is 6.92 Å². The molecule has 2 aromatic rings. The van der Waals surface area contributed by atoms with Gasteiger partial charge in [0.25, 0.3) is 5.91 Å². The Labute approximate surface area is 120 Å². The monoisotopic (exact) mass is 287 g/mol. The first-order valence-electron chi connectivity index (χ1n) is 6.06. The number of carboxylic acid groups (broad SMARTS) is 1. The molecule has 0 bridgehead atoms. The molecule has 6 nitrogen and oxygen atoms in total. The predicted octanol–water partition coefficient (Wildman–Crippen LogP) is 2.36. The van der Waals surface area contributed by atoms with Crippen LogP contribution in [-0.2, 0) is 0 Å². The van der Waals surface area contributed by atoms with Crippen molar-refractivity contribution in [3.05, 3.63) is 53.1 Å². The number of amides is 1. The zero-order valence-electron chi connectivity index (χ0n) is 11.1. The first kappa shape index (κ1) is 14.4. The van der Waals surface area contributed by atoms with Gasteiger partial charge in [0, 0.05) is 5.69 Å². The van der Waals surface area contributed by atoms with Gasteiger partial charge in [0.1, 0.15) is 11.5 Å². The van der Waals surface area contributed by atoms with Gasteiger partial charge < -0.3 is 20.6 Å². The molecule has 21 heavy (non-hydrogen) atoms. The minimum absolute atomic E-state index is 0.0725. The molecular weight excluding hydrogens is 274 g/mol. The van der Waals surface area contributed by atoms with Crippen molar-refractivity contribution in [1.29, 1.82) is 0 Å². The second-order valence-corrected chi connectivity index (χ2v) is 4.49. The van der Waals surface area contributed by atoms with Crippen LogP contribution in [0, 0.1) is 6.92 Å². The number of phenolic OH excluding ortho intramolecular Hbond substituents is 2. The zero-order valence-corrected chi connectivity index (χ0v) is 11.1. The Bertz CT molecular complexity index is 724. The lowest BCUT2D eigenvalue weighted by Crippen LogP contribution is -2.13. The number of carbonyl (C=O) groups is 2. The van der Waals surface area contributed by atoms with Gasteiger partial charge >= 0.3 is 5.97 Å². The molecule has 2 rings (SSSR count). The molecule has 0 aliphatic carbocycles. The summed E-state index contributed by atoms with van der Waals surface area (Å²) in [5, 5.41) is 30.4. The van der Waals surface area contributed by atoms with Gasteiger partial charge in [0.05, 0.1) is 11.1 Å². The van der Waals surface area contributed by atoms with Crippen molar-refractivity contribution in [2.24, 2.45) is 0 Å². The molecule has 1 amide bonds. The quantitative estimate of drug-likeness (QED) is 0.648. The topological polar surface area (TPSA) is 107 Å². The van der Waals surface area contributed by atoms with E-state index in [-0.39, 0.29) is 22.6 Å². The standard InChI is InChI=1S/C15H13NO5/c1-8-6-9(15(20)21)2-4-12(8)16-14(19)11-7-10(17)3-5-13(11)18/h2-7,17-18H,1H3,(H,16,19)(H,20,21). The smallest absolute Gasteiger partial charge is 0.335 e. The number of aryl methyl sites for hydroxylation is 1. The van der Waals surface area contributed by atoms with Gasteiger partial charge in [0.2, 0.25) is 0 Å². The summed E-state index contributed by atoms with van der Waals surface area (Å²) in [5.41, 5.74) is 1.04. The fraction of sp³-hybridized carbons (Fsp3) is 0.0667. The Kier molecular flexibility index (Phi) is 3.80. The van der Waals surface area contributed by atoms with Crippen molar-refractivity contribution in [3.8, 4) is 11.5 Å². The molecule has 0 saturated carbocycles. The summed E-state index contributed by atoms with van der Waals surface area (Å²) in [6.07, 6.45) is 0. The number of benzene rings is 2. The highest BCUT2D eigenvalue weighted by Gasteiger charge is 2.14. The summed E-state index contributed by atoms with van der Waals surface area (Å²) in [5.74, 6) is -2.06. The van der Waals surface area contributed by atoms with E-state index in [9.17, 15) is 19.8 Å². The van der Waals surface area contributed by atoms with E-state index in [2.05, 4.69) is 5.32 Å². The molecule has 2 aromatic carbocycles. The lowest BCUT2D eigenvalue weighted by molar-refractivity contribution is 0.0696. The maximum atomic E-state index is 12.1. The van der Waals surface area contributed by atoms with E-state index in [4.69, 9.17) is 5.11 Å². The Morgan fingerprint density at radius 2 is 1.76 bits per heavy atom. The average molecular weight is 287 g/mol. The van der Waals surface area contributed by atoms with E-state index in [0.717, 1.165) is 6.07 Å². The molecule has 0 aromatic heterocycles. The van der Waals surface area contributed by atoms with Crippen LogP contribution >= 0.6 is 0 Å². The van der Waals surface area contributed by atoms with E-state index in [1.165, 1.54) is 30.3 Å². The van der Waals surface area contributed by atoms with Crippen molar-refractivity contribution < 1.29 is 24.9 Å². The second kappa shape index (κ2) is 5.54. The van der Waals surface area contributed by atoms with E-state index >= 15 is 0 Å². The summed E-state index contributed by atoms with van der Waals surface area (Å²) >= 11 is 0. The molecule has 0 unspecified atom stereocenters. The number of aromatic carboxylic acids is 1. The van der Waals surface area contributed by atoms with Crippen molar-refractivity contribution in [3.63, 3.8) is 0 Å². The van der Waals surface area contributed by atoms with Crippen molar-refractivity contribution >= 4 is 17.6 Å². The molecule has 0 fully saturated rings. The number of aromatic hydroxyl groups is 2. The second-order valence-electron chi connectivity index (χ2n) is 4.49. The third kappa shape index (κ3) is 3.11. The molecule has 0 heterocycles. The highest BCUT2D eigenvalue weighted by Crippen LogP contribution is 2.24. The van der Waals surface area contributed by atoms with E-state index in [0.29, 0.717) is 11.3 Å². The van der Waals surface area contributed by atoms with E-state index < -0.39 is 11.9 Å². The number of hydrogen-bond acceptors (Lipinski definition) is 4. The van der Waals surface area contributed by atoms with Crippen LogP contribution in [-0.4, -0.2) is 27.2 Å². The van der Waals surface area contributed by atoms with E-state index in [1.807, 2.05) is 0 Å². The molecule has 0 saturated heterocycles. The number of rotatable bonds is 3. The Morgan fingerprint density at radius 1 is 1.05 bits per heavy atom. The summed E-state index contributed by atoms with van der Waals surface area (Å²) in [6, 6.07) is 7.89. The number of carboxylic acids is 1. The summed E-state index contributed by atoms with van der Waals surface area (Å²) in [4.78, 5) is 22.9. The first-order chi connectivity index (χ1) is 9.88. The van der Waals surface area contributed by atoms with Crippen LogP contribution in [0.15, 0.2) is 36.4 Å². The number of anilines is 1. The van der Waals surface area contributed by atoms with Crippen LogP contribution in [0.5, 0.6) is 11.5 Å². The van der Waals surface area contributed by atoms with Gasteiger partial charge in [-0.05, 0) is 48.9 Å². The number of phenols is 2. The average Bonchev–Trinajstić information content (AvgIpc) is 2.43. The maximum Gasteiger partial charge on any atom is 0.335 e. The van der Waals surface area contributed by atoms with Gasteiger partial charge in [-0.15, -0.1) is 0 Å². The van der Waals surface area contributed by atoms with Crippen LogP contribution < -0.4 is 5.32 Å². The molecule has 0 spiro atoms. The molecule has 108 valence electrons. The van der Waals surface area contributed by atoms with Gasteiger partial charge in [0.15, 0.2) is 0 Å². The van der Waals surface area contributed by atoms with Crippen LogP contribution in [0.2, 0.25) is 0 Å². The fourth-order valence-electron chi connectivity index (χ4n) is 1.83. The fourth-order valence-corrected chi connectivity index (χ4v) is 1.83. The molecule has 0 aliphatic heterocycles. The molecular formula is C15H13NO5. The van der Waals surface area contributed by atoms with Crippen molar-refractivity contribution in [2.75, 3.05) is 5.32 Å². The normalized spacial score (nSPS) is 10.1. The van der Waals surface area contributed by atoms with Crippen LogP contribution in [0.3, 0.4) is 0 Å². The summed E-state index contributed by atoms with van der Waals surface area (Å²) in [7, 11) is 0. The van der Waals surface area contributed by atoms with Gasteiger partial charge in [-0.3, -0.25) is 4.79 Å².